The molecule has 1 aromatic carbocycles. The molecular weight excluding hydrogens is 236 g/mol. The fraction of sp³-hybridized carbons (Fsp3) is 0.462. The second-order valence-electron chi connectivity index (χ2n) is 4.38. The van der Waals surface area contributed by atoms with E-state index in [0.717, 1.165) is 5.56 Å². The Morgan fingerprint density at radius 2 is 2.11 bits per heavy atom. The molecule has 1 aliphatic rings. The van der Waals surface area contributed by atoms with Crippen LogP contribution in [-0.2, 0) is 4.79 Å². The Hall–Kier alpha value is -1.75. The second-order valence-corrected chi connectivity index (χ2v) is 4.38. The number of aliphatic carboxylic acids is 1. The molecule has 0 heterocycles. The number of carbonyl (C=O) groups is 1. The fourth-order valence-electron chi connectivity index (χ4n) is 2.52. The van der Waals surface area contributed by atoms with Gasteiger partial charge in [0.1, 0.15) is 11.5 Å². The predicted molar refractivity (Wildman–Crippen MR) is 64.1 cm³/mol. The predicted octanol–water partition coefficient (Wildman–Crippen LogP) is 1.70. The zero-order chi connectivity index (χ0) is 13.3. The van der Waals surface area contributed by atoms with Crippen LogP contribution in [0.4, 0.5) is 0 Å². The lowest BCUT2D eigenvalue weighted by Gasteiger charge is -2.13. The van der Waals surface area contributed by atoms with Crippen molar-refractivity contribution < 1.29 is 24.5 Å². The first kappa shape index (κ1) is 12.7. The molecule has 0 radical (unpaired) electrons. The minimum absolute atomic E-state index is 0.000379. The Labute approximate surface area is 105 Å². The number of ether oxygens (including phenoxy) is 2. The number of fused-ring (bicyclic) bond motifs is 1. The van der Waals surface area contributed by atoms with E-state index >= 15 is 0 Å². The van der Waals surface area contributed by atoms with E-state index in [-0.39, 0.29) is 12.3 Å². The number of methoxy groups -OCH3 is 2. The van der Waals surface area contributed by atoms with E-state index in [2.05, 4.69) is 0 Å². The summed E-state index contributed by atoms with van der Waals surface area (Å²) in [5.41, 5.74) is 1.49. The second kappa shape index (κ2) is 4.86. The van der Waals surface area contributed by atoms with Crippen molar-refractivity contribution in [2.24, 2.45) is 0 Å². The molecule has 0 fully saturated rings. The van der Waals surface area contributed by atoms with Crippen molar-refractivity contribution in [3.63, 3.8) is 0 Å². The third-order valence-electron chi connectivity index (χ3n) is 3.31. The van der Waals surface area contributed by atoms with Gasteiger partial charge in [-0.05, 0) is 24.0 Å². The first-order valence-electron chi connectivity index (χ1n) is 5.72. The molecule has 5 nitrogen and oxygen atoms in total. The molecule has 0 amide bonds. The number of carboxylic acids is 1. The van der Waals surface area contributed by atoms with Gasteiger partial charge in [-0.15, -0.1) is 0 Å². The van der Waals surface area contributed by atoms with Gasteiger partial charge in [-0.25, -0.2) is 0 Å². The molecule has 1 aliphatic carbocycles. The van der Waals surface area contributed by atoms with Gasteiger partial charge in [-0.3, -0.25) is 4.79 Å². The summed E-state index contributed by atoms with van der Waals surface area (Å²) in [4.78, 5) is 10.8. The van der Waals surface area contributed by atoms with Crippen molar-refractivity contribution in [2.45, 2.75) is 24.9 Å². The Morgan fingerprint density at radius 1 is 1.39 bits per heavy atom. The Balaban J connectivity index is 2.47. The van der Waals surface area contributed by atoms with E-state index in [1.165, 1.54) is 7.11 Å². The van der Waals surface area contributed by atoms with Gasteiger partial charge in [-0.1, -0.05) is 0 Å². The molecule has 2 atom stereocenters. The zero-order valence-electron chi connectivity index (χ0n) is 10.3. The van der Waals surface area contributed by atoms with Crippen LogP contribution in [0, 0.1) is 0 Å². The van der Waals surface area contributed by atoms with Crippen LogP contribution in [0.3, 0.4) is 0 Å². The molecule has 0 saturated heterocycles. The quantitative estimate of drug-likeness (QED) is 0.853. The highest BCUT2D eigenvalue weighted by molar-refractivity contribution is 5.69. The lowest BCUT2D eigenvalue weighted by atomic mass is 9.97. The van der Waals surface area contributed by atoms with Crippen molar-refractivity contribution in [1.82, 2.24) is 0 Å². The smallest absolute Gasteiger partial charge is 0.303 e. The van der Waals surface area contributed by atoms with Crippen LogP contribution in [0.1, 0.15) is 36.0 Å². The fourth-order valence-corrected chi connectivity index (χ4v) is 2.52. The lowest BCUT2D eigenvalue weighted by Crippen LogP contribution is -2.03. The van der Waals surface area contributed by atoms with Gasteiger partial charge < -0.3 is 19.7 Å². The van der Waals surface area contributed by atoms with Crippen molar-refractivity contribution in [1.29, 1.82) is 0 Å². The summed E-state index contributed by atoms with van der Waals surface area (Å²) in [6, 6.07) is 3.48. The Morgan fingerprint density at radius 3 is 2.67 bits per heavy atom. The van der Waals surface area contributed by atoms with E-state index in [9.17, 15) is 9.90 Å². The average molecular weight is 252 g/mol. The molecule has 2 rings (SSSR count). The van der Waals surface area contributed by atoms with E-state index in [0.29, 0.717) is 23.5 Å². The van der Waals surface area contributed by atoms with Crippen LogP contribution in [0.2, 0.25) is 0 Å². The number of aliphatic hydroxyl groups is 1. The van der Waals surface area contributed by atoms with Crippen molar-refractivity contribution >= 4 is 5.97 Å². The van der Waals surface area contributed by atoms with Gasteiger partial charge in [0.2, 0.25) is 0 Å². The molecule has 0 bridgehead atoms. The summed E-state index contributed by atoms with van der Waals surface area (Å²) in [6.45, 7) is 0. The number of aliphatic hydroxyl groups excluding tert-OH is 1. The lowest BCUT2D eigenvalue weighted by molar-refractivity contribution is -0.137. The highest BCUT2D eigenvalue weighted by atomic mass is 16.5. The van der Waals surface area contributed by atoms with Crippen LogP contribution < -0.4 is 9.47 Å². The minimum Gasteiger partial charge on any atom is -0.497 e. The molecule has 0 spiro atoms. The van der Waals surface area contributed by atoms with E-state index in [1.54, 1.807) is 19.2 Å². The van der Waals surface area contributed by atoms with E-state index in [4.69, 9.17) is 14.6 Å². The van der Waals surface area contributed by atoms with Gasteiger partial charge in [0.05, 0.1) is 26.7 Å². The van der Waals surface area contributed by atoms with Gasteiger partial charge in [0.15, 0.2) is 0 Å². The molecule has 5 heteroatoms. The van der Waals surface area contributed by atoms with E-state index < -0.39 is 12.1 Å². The normalized spacial score (nSPS) is 21.5. The Bertz CT molecular complexity index is 469. The third kappa shape index (κ3) is 2.13. The zero-order valence-corrected chi connectivity index (χ0v) is 10.3. The third-order valence-corrected chi connectivity index (χ3v) is 3.31. The molecule has 2 unspecified atom stereocenters. The van der Waals surface area contributed by atoms with Crippen molar-refractivity contribution in [3.8, 4) is 11.5 Å². The number of hydrogen-bond acceptors (Lipinski definition) is 4. The molecule has 0 saturated carbocycles. The maximum absolute atomic E-state index is 10.8. The molecule has 2 N–H and O–H groups in total. The summed E-state index contributed by atoms with van der Waals surface area (Å²) in [5, 5.41) is 18.9. The standard InChI is InChI=1S/C13H16O5/c1-17-8-5-9-7(4-12(15)16)3-10(14)13(9)11(6-8)18-2/h5-7,10,14H,3-4H2,1-2H3,(H,15,16). The Kier molecular flexibility index (Phi) is 3.43. The largest absolute Gasteiger partial charge is 0.497 e. The highest BCUT2D eigenvalue weighted by Gasteiger charge is 2.34. The molecule has 98 valence electrons. The summed E-state index contributed by atoms with van der Waals surface area (Å²) >= 11 is 0. The van der Waals surface area contributed by atoms with Crippen LogP contribution in [-0.4, -0.2) is 30.4 Å². The maximum atomic E-state index is 10.8. The van der Waals surface area contributed by atoms with Crippen LogP contribution >= 0.6 is 0 Å². The van der Waals surface area contributed by atoms with Gasteiger partial charge in [-0.2, -0.15) is 0 Å². The van der Waals surface area contributed by atoms with Gasteiger partial charge in [0, 0.05) is 11.6 Å². The molecule has 18 heavy (non-hydrogen) atoms. The molecule has 0 aromatic heterocycles. The number of benzene rings is 1. The van der Waals surface area contributed by atoms with Crippen LogP contribution in [0.5, 0.6) is 11.5 Å². The highest BCUT2D eigenvalue weighted by Crippen LogP contribution is 2.48. The summed E-state index contributed by atoms with van der Waals surface area (Å²) in [6.07, 6.45) is -0.267. The van der Waals surface area contributed by atoms with Gasteiger partial charge >= 0.3 is 5.97 Å². The number of hydrogen-bond donors (Lipinski definition) is 2. The average Bonchev–Trinajstić information content (AvgIpc) is 2.64. The van der Waals surface area contributed by atoms with Crippen molar-refractivity contribution in [3.05, 3.63) is 23.3 Å². The maximum Gasteiger partial charge on any atom is 0.303 e. The van der Waals surface area contributed by atoms with Crippen LogP contribution in [0.15, 0.2) is 12.1 Å². The first-order valence-corrected chi connectivity index (χ1v) is 5.72. The summed E-state index contributed by atoms with van der Waals surface area (Å²) < 4.78 is 10.4. The van der Waals surface area contributed by atoms with Gasteiger partial charge in [0.25, 0.3) is 0 Å². The minimum atomic E-state index is -0.873. The van der Waals surface area contributed by atoms with E-state index in [1.807, 2.05) is 0 Å². The molecule has 0 aliphatic heterocycles. The first-order chi connectivity index (χ1) is 8.56. The summed E-state index contributed by atoms with van der Waals surface area (Å²) in [5.74, 6) is 0.0816. The monoisotopic (exact) mass is 252 g/mol. The van der Waals surface area contributed by atoms with Crippen LogP contribution in [0.25, 0.3) is 0 Å². The topological polar surface area (TPSA) is 76.0 Å². The molecular formula is C13H16O5. The van der Waals surface area contributed by atoms with Crippen molar-refractivity contribution in [2.75, 3.05) is 14.2 Å². The number of rotatable bonds is 4. The summed E-state index contributed by atoms with van der Waals surface area (Å²) in [7, 11) is 3.06. The number of carboxylic acid groups (broad SMARTS) is 1. The molecule has 1 aromatic rings. The SMILES string of the molecule is COc1cc(OC)c2c(c1)C(CC(=O)O)CC2O.